The van der Waals surface area contributed by atoms with Gasteiger partial charge < -0.3 is 20.8 Å². The van der Waals surface area contributed by atoms with Gasteiger partial charge in [-0.2, -0.15) is 9.21 Å². The van der Waals surface area contributed by atoms with Crippen LogP contribution in [-0.4, -0.2) is 74.1 Å². The summed E-state index contributed by atoms with van der Waals surface area (Å²) in [5, 5.41) is 33.3. The molecule has 55 heavy (non-hydrogen) atoms. The van der Waals surface area contributed by atoms with Gasteiger partial charge in [-0.3, -0.25) is 18.7 Å². The van der Waals surface area contributed by atoms with E-state index in [0.717, 1.165) is 35.8 Å². The maximum atomic E-state index is 14.4. The van der Waals surface area contributed by atoms with Crippen LogP contribution in [0, 0.1) is 16.7 Å². The molecule has 2 aromatic heterocycles. The number of nitrogens with zero attached hydrogens (tertiary/aromatic N) is 5. The molecular formula is C38H49N7O8S2. The quantitative estimate of drug-likeness (QED) is 0.0975. The van der Waals surface area contributed by atoms with Gasteiger partial charge in [0.2, 0.25) is 27.7 Å². The van der Waals surface area contributed by atoms with Crippen LogP contribution in [0.5, 0.6) is 5.88 Å². The molecule has 0 spiro atoms. The number of hydrogen-bond acceptors (Lipinski definition) is 11. The van der Waals surface area contributed by atoms with E-state index in [-0.39, 0.29) is 55.2 Å². The van der Waals surface area contributed by atoms with Crippen LogP contribution in [0.3, 0.4) is 0 Å². The molecule has 15 nitrogen and oxygen atoms in total. The van der Waals surface area contributed by atoms with Gasteiger partial charge in [-0.15, -0.1) is 11.3 Å². The number of aliphatic hydroxyl groups excluding tert-OH is 1. The lowest BCUT2D eigenvalue weighted by Gasteiger charge is -2.32. The number of aliphatic hydroxyl groups is 1. The lowest BCUT2D eigenvalue weighted by atomic mass is 9.96. The van der Waals surface area contributed by atoms with Gasteiger partial charge in [0.1, 0.15) is 12.6 Å². The van der Waals surface area contributed by atoms with Crippen molar-refractivity contribution in [1.29, 1.82) is 0 Å². The molecule has 4 N–H and O–H groups in total. The first-order valence-corrected chi connectivity index (χ1v) is 20.8. The first-order valence-electron chi connectivity index (χ1n) is 18.4. The normalized spacial score (nSPS) is 15.7. The second-order valence-electron chi connectivity index (χ2n) is 14.2. The van der Waals surface area contributed by atoms with Crippen LogP contribution < -0.4 is 16.3 Å². The molecule has 296 valence electrons. The van der Waals surface area contributed by atoms with Crippen molar-refractivity contribution in [2.24, 2.45) is 17.0 Å². The Morgan fingerprint density at radius 3 is 2.42 bits per heavy atom. The minimum absolute atomic E-state index is 0.0144. The number of aromatic hydroxyl groups is 1. The minimum atomic E-state index is -4.11. The summed E-state index contributed by atoms with van der Waals surface area (Å²) in [6, 6.07) is 13.1. The van der Waals surface area contributed by atoms with Crippen LogP contribution in [0.1, 0.15) is 75.7 Å². The van der Waals surface area contributed by atoms with Gasteiger partial charge >= 0.3 is 5.69 Å². The lowest BCUT2D eigenvalue weighted by molar-refractivity contribution is -0.127. The average molecular weight is 796 g/mol. The molecule has 2 aromatic carbocycles. The highest BCUT2D eigenvalue weighted by atomic mass is 32.2. The maximum absolute atomic E-state index is 14.4. The topological polar surface area (TPSA) is 205 Å². The van der Waals surface area contributed by atoms with Gasteiger partial charge in [-0.25, -0.2) is 18.2 Å². The van der Waals surface area contributed by atoms with Crippen LogP contribution in [0.4, 0.5) is 5.13 Å². The number of amides is 2. The Morgan fingerprint density at radius 1 is 1.09 bits per heavy atom. The SMILES string of the molecule is CC[C@H](C)[C@@H](C(=O)NC(Cc1ccccc1)[C@H](O)CN(CC1CCCC1)S(=O)(=O)c1ccc(CN=O)cc1)n1cc(O)n(Cc2csc(NC(C)=O)n2)c1=O. The predicted molar refractivity (Wildman–Crippen MR) is 209 cm³/mol. The van der Waals surface area contributed by atoms with Gasteiger partial charge in [0, 0.05) is 25.4 Å². The molecule has 1 saturated carbocycles. The van der Waals surface area contributed by atoms with Crippen molar-refractivity contribution in [3.05, 3.63) is 98.4 Å². The molecule has 4 atom stereocenters. The van der Waals surface area contributed by atoms with Crippen molar-refractivity contribution in [3.63, 3.8) is 0 Å². The Hall–Kier alpha value is -4.71. The molecule has 2 amide bonds. The second-order valence-corrected chi connectivity index (χ2v) is 17.0. The van der Waals surface area contributed by atoms with E-state index in [9.17, 15) is 37.9 Å². The molecule has 17 heteroatoms. The van der Waals surface area contributed by atoms with Gasteiger partial charge in [0.05, 0.1) is 35.5 Å². The van der Waals surface area contributed by atoms with Gasteiger partial charge in [-0.1, -0.05) is 80.8 Å². The summed E-state index contributed by atoms with van der Waals surface area (Å²) < 4.78 is 31.9. The number of nitrogens with one attached hydrogen (secondary N) is 2. The third-order valence-corrected chi connectivity index (χ3v) is 12.8. The summed E-state index contributed by atoms with van der Waals surface area (Å²) >= 11 is 1.17. The van der Waals surface area contributed by atoms with E-state index in [4.69, 9.17) is 0 Å². The van der Waals surface area contributed by atoms with Crippen LogP contribution >= 0.6 is 11.3 Å². The standard InChI is InChI=1S/C38H49N7O8S2/c1-4-25(2)35(45-23-34(48)44(38(45)50)21-30-24-54-37(41-30)40-26(3)46)36(49)42-32(18-27-10-6-5-7-11-27)33(47)22-43(20-29-12-8-9-13-29)55(52,53)31-16-14-28(15-17-31)19-39-51/h5-7,10-11,14-17,23-25,29,32-33,35,47-48H,4,8-9,12-13,18-22H2,1-3H3,(H,42,49)(H,40,41,46)/t25-,32?,33+,35-/m0/s1. The third kappa shape index (κ3) is 10.5. The van der Waals surface area contributed by atoms with Crippen molar-refractivity contribution in [2.45, 2.75) is 95.5 Å². The summed E-state index contributed by atoms with van der Waals surface area (Å²) in [5.74, 6) is -1.57. The number of anilines is 1. The Labute approximate surface area is 324 Å². The monoisotopic (exact) mass is 795 g/mol. The van der Waals surface area contributed by atoms with Gasteiger partial charge in [0.25, 0.3) is 0 Å². The highest BCUT2D eigenvalue weighted by Crippen LogP contribution is 2.29. The number of rotatable bonds is 19. The van der Waals surface area contributed by atoms with E-state index in [1.807, 2.05) is 37.3 Å². The summed E-state index contributed by atoms with van der Waals surface area (Å²) in [5.41, 5.74) is 1.13. The second kappa shape index (κ2) is 18.8. The molecule has 1 aliphatic rings. The predicted octanol–water partition coefficient (Wildman–Crippen LogP) is 4.64. The lowest BCUT2D eigenvalue weighted by Crippen LogP contribution is -2.53. The summed E-state index contributed by atoms with van der Waals surface area (Å²) in [6.45, 7) is 4.70. The fraction of sp³-hybridized carbons (Fsp3) is 0.474. The van der Waals surface area contributed by atoms with E-state index in [2.05, 4.69) is 20.8 Å². The average Bonchev–Trinajstić information content (AvgIpc) is 3.90. The van der Waals surface area contributed by atoms with Crippen molar-refractivity contribution in [2.75, 3.05) is 18.4 Å². The number of imidazole rings is 1. The maximum Gasteiger partial charge on any atom is 0.332 e. The van der Waals surface area contributed by atoms with Crippen molar-refractivity contribution in [1.82, 2.24) is 23.7 Å². The fourth-order valence-corrected chi connectivity index (χ4v) is 9.25. The Balaban J connectivity index is 1.44. The number of carbonyl (C=O) groups is 2. The smallest absolute Gasteiger partial charge is 0.332 e. The number of thiazole rings is 1. The Kier molecular flexibility index (Phi) is 14.1. The highest BCUT2D eigenvalue weighted by Gasteiger charge is 2.36. The molecule has 0 aliphatic heterocycles. The van der Waals surface area contributed by atoms with E-state index in [0.29, 0.717) is 22.8 Å². The molecule has 1 aliphatic carbocycles. The van der Waals surface area contributed by atoms with E-state index < -0.39 is 45.7 Å². The number of hydrogen-bond donors (Lipinski definition) is 4. The van der Waals surface area contributed by atoms with E-state index >= 15 is 0 Å². The summed E-state index contributed by atoms with van der Waals surface area (Å²) in [4.78, 5) is 54.7. The largest absolute Gasteiger partial charge is 0.493 e. The molecular weight excluding hydrogens is 747 g/mol. The number of sulfonamides is 1. The summed E-state index contributed by atoms with van der Waals surface area (Å²) in [6.07, 6.45) is 4.16. The number of benzene rings is 2. The van der Waals surface area contributed by atoms with E-state index in [1.165, 1.54) is 45.5 Å². The Morgan fingerprint density at radius 2 is 1.78 bits per heavy atom. The summed E-state index contributed by atoms with van der Waals surface area (Å²) in [7, 11) is -4.11. The van der Waals surface area contributed by atoms with Crippen LogP contribution in [0.15, 0.2) is 81.0 Å². The van der Waals surface area contributed by atoms with Crippen LogP contribution in [0.2, 0.25) is 0 Å². The van der Waals surface area contributed by atoms with E-state index in [1.54, 1.807) is 24.4 Å². The van der Waals surface area contributed by atoms with Crippen LogP contribution in [0.25, 0.3) is 0 Å². The number of aromatic nitrogens is 3. The molecule has 0 bridgehead atoms. The van der Waals surface area contributed by atoms with Crippen molar-refractivity contribution in [3.8, 4) is 5.88 Å². The number of carbonyl (C=O) groups excluding carboxylic acids is 2. The molecule has 0 saturated heterocycles. The first-order chi connectivity index (χ1) is 26.3. The molecule has 0 radical (unpaired) electrons. The molecule has 5 rings (SSSR count). The minimum Gasteiger partial charge on any atom is -0.493 e. The highest BCUT2D eigenvalue weighted by molar-refractivity contribution is 7.89. The molecule has 4 aromatic rings. The Bertz CT molecular complexity index is 2080. The first kappa shape index (κ1) is 41.5. The van der Waals surface area contributed by atoms with Crippen LogP contribution in [-0.2, 0) is 39.1 Å². The van der Waals surface area contributed by atoms with Crippen molar-refractivity contribution < 1.29 is 28.2 Å². The number of nitroso groups, excluding NO2 is 1. The van der Waals surface area contributed by atoms with Crippen molar-refractivity contribution >= 4 is 38.3 Å². The molecule has 1 fully saturated rings. The molecule has 1 unspecified atom stereocenters. The zero-order valence-electron chi connectivity index (χ0n) is 31.2. The zero-order chi connectivity index (χ0) is 39.7. The molecule has 2 heterocycles. The van der Waals surface area contributed by atoms with Gasteiger partial charge in [0.15, 0.2) is 5.13 Å². The van der Waals surface area contributed by atoms with Gasteiger partial charge in [-0.05, 0) is 54.4 Å². The zero-order valence-corrected chi connectivity index (χ0v) is 32.8. The third-order valence-electron chi connectivity index (χ3n) is 10.1. The fourth-order valence-electron chi connectivity index (χ4n) is 6.96.